The monoisotopic (exact) mass is 250 g/mol. The summed E-state index contributed by atoms with van der Waals surface area (Å²) in [7, 11) is 0. The molecule has 0 aromatic heterocycles. The summed E-state index contributed by atoms with van der Waals surface area (Å²) >= 11 is 0. The van der Waals surface area contributed by atoms with E-state index >= 15 is 0 Å². The van der Waals surface area contributed by atoms with E-state index in [1.165, 1.54) is 0 Å². The highest BCUT2D eigenvalue weighted by Crippen LogP contribution is 2.52. The number of cyclic esters (lactones) is 4. The van der Waals surface area contributed by atoms with Gasteiger partial charge in [0.1, 0.15) is 5.41 Å². The van der Waals surface area contributed by atoms with Crippen molar-refractivity contribution in [3.05, 3.63) is 12.2 Å². The second-order valence-corrected chi connectivity index (χ2v) is 4.93. The highest BCUT2D eigenvalue weighted by atomic mass is 16.6. The van der Waals surface area contributed by atoms with Gasteiger partial charge in [-0.15, -0.1) is 0 Å². The lowest BCUT2D eigenvalue weighted by atomic mass is 9.63. The molecule has 3 fully saturated rings. The summed E-state index contributed by atoms with van der Waals surface area (Å²) in [6, 6.07) is 0. The number of fused-ring (bicyclic) bond motifs is 1. The van der Waals surface area contributed by atoms with Gasteiger partial charge in [-0.2, -0.15) is 0 Å². The van der Waals surface area contributed by atoms with Gasteiger partial charge < -0.3 is 9.47 Å². The van der Waals surface area contributed by atoms with Crippen LogP contribution in [0.1, 0.15) is 19.3 Å². The van der Waals surface area contributed by atoms with Gasteiger partial charge in [-0.1, -0.05) is 6.58 Å². The first kappa shape index (κ1) is 11.1. The van der Waals surface area contributed by atoms with Crippen LogP contribution in [0.25, 0.3) is 0 Å². The van der Waals surface area contributed by atoms with Crippen molar-refractivity contribution in [1.29, 1.82) is 0 Å². The van der Waals surface area contributed by atoms with Gasteiger partial charge in [-0.05, 0) is 19.3 Å². The number of ether oxygens (including phenoxy) is 2. The Morgan fingerprint density at radius 2 is 1.72 bits per heavy atom. The van der Waals surface area contributed by atoms with Crippen molar-refractivity contribution >= 4 is 23.9 Å². The number of hydrogen-bond donors (Lipinski definition) is 0. The van der Waals surface area contributed by atoms with Gasteiger partial charge in [0.15, 0.2) is 0 Å². The van der Waals surface area contributed by atoms with Crippen LogP contribution in [0, 0.1) is 17.3 Å². The van der Waals surface area contributed by atoms with Crippen LogP contribution in [-0.4, -0.2) is 23.9 Å². The molecule has 3 unspecified atom stereocenters. The van der Waals surface area contributed by atoms with E-state index < -0.39 is 41.1 Å². The van der Waals surface area contributed by atoms with Gasteiger partial charge in [0.25, 0.3) is 0 Å². The first-order valence-corrected chi connectivity index (χ1v) is 5.67. The summed E-state index contributed by atoms with van der Waals surface area (Å²) < 4.78 is 9.13. The van der Waals surface area contributed by atoms with Gasteiger partial charge in [0.05, 0.1) is 11.8 Å². The molecular weight excluding hydrogens is 240 g/mol. The summed E-state index contributed by atoms with van der Waals surface area (Å²) in [6.07, 6.45) is 0.697. The Balaban J connectivity index is 1.97. The Morgan fingerprint density at radius 1 is 1.06 bits per heavy atom. The topological polar surface area (TPSA) is 86.7 Å². The summed E-state index contributed by atoms with van der Waals surface area (Å²) in [5.41, 5.74) is -1.06. The summed E-state index contributed by atoms with van der Waals surface area (Å²) in [4.78, 5) is 46.1. The summed E-state index contributed by atoms with van der Waals surface area (Å²) in [5.74, 6) is -3.73. The van der Waals surface area contributed by atoms with Crippen LogP contribution in [0.4, 0.5) is 0 Å². The minimum absolute atomic E-state index is 0.0750. The zero-order chi connectivity index (χ0) is 13.1. The fraction of sp³-hybridized carbons (Fsp3) is 0.500. The van der Waals surface area contributed by atoms with Crippen LogP contribution in [0.5, 0.6) is 0 Å². The Kier molecular flexibility index (Phi) is 2.03. The highest BCUT2D eigenvalue weighted by Gasteiger charge is 2.61. The van der Waals surface area contributed by atoms with Crippen molar-refractivity contribution in [2.24, 2.45) is 17.3 Å². The van der Waals surface area contributed by atoms with Crippen LogP contribution in [0.3, 0.4) is 0 Å². The maximum atomic E-state index is 11.8. The quantitative estimate of drug-likeness (QED) is 0.344. The molecule has 0 bridgehead atoms. The average Bonchev–Trinajstić information content (AvgIpc) is 2.72. The third-order valence-electron chi connectivity index (χ3n) is 4.14. The van der Waals surface area contributed by atoms with Gasteiger partial charge in [0, 0.05) is 5.57 Å². The number of rotatable bonds is 0. The number of carbonyl (C=O) groups is 4. The molecule has 6 nitrogen and oxygen atoms in total. The first-order chi connectivity index (χ1) is 8.45. The van der Waals surface area contributed by atoms with E-state index in [9.17, 15) is 19.2 Å². The molecule has 2 heterocycles. The third-order valence-corrected chi connectivity index (χ3v) is 4.14. The molecule has 0 N–H and O–H groups in total. The summed E-state index contributed by atoms with van der Waals surface area (Å²) in [5, 5.41) is 0. The lowest BCUT2D eigenvalue weighted by Crippen LogP contribution is -2.39. The van der Waals surface area contributed by atoms with Crippen LogP contribution in [-0.2, 0) is 28.7 Å². The second kappa shape index (κ2) is 3.28. The Labute approximate surface area is 102 Å². The Morgan fingerprint density at radius 3 is 2.33 bits per heavy atom. The zero-order valence-electron chi connectivity index (χ0n) is 9.43. The van der Waals surface area contributed by atoms with Crippen molar-refractivity contribution in [2.75, 3.05) is 0 Å². The van der Waals surface area contributed by atoms with Crippen molar-refractivity contribution in [2.45, 2.75) is 19.3 Å². The fourth-order valence-corrected chi connectivity index (χ4v) is 3.02. The largest absolute Gasteiger partial charge is 0.393 e. The maximum Gasteiger partial charge on any atom is 0.342 e. The van der Waals surface area contributed by atoms with E-state index in [4.69, 9.17) is 0 Å². The van der Waals surface area contributed by atoms with E-state index in [1.807, 2.05) is 0 Å². The van der Waals surface area contributed by atoms with Crippen LogP contribution >= 0.6 is 0 Å². The van der Waals surface area contributed by atoms with Gasteiger partial charge in [-0.3, -0.25) is 14.4 Å². The normalized spacial score (nSPS) is 39.0. The number of carbonyl (C=O) groups excluding carboxylic acids is 4. The first-order valence-electron chi connectivity index (χ1n) is 5.67. The second-order valence-electron chi connectivity index (χ2n) is 4.93. The molecular formula is C12H10O6. The molecule has 1 saturated carbocycles. The summed E-state index contributed by atoms with van der Waals surface area (Å²) in [6.45, 7) is 3.59. The average molecular weight is 250 g/mol. The molecule has 0 amide bonds. The molecule has 2 saturated heterocycles. The zero-order valence-corrected chi connectivity index (χ0v) is 9.43. The Hall–Kier alpha value is -1.98. The fourth-order valence-electron chi connectivity index (χ4n) is 3.02. The van der Waals surface area contributed by atoms with E-state index in [2.05, 4.69) is 16.1 Å². The molecule has 3 aliphatic rings. The SMILES string of the molecule is C=C1C(=O)OC(=O)C12CCC1C(=O)OC(=O)C1C2. The molecule has 3 atom stereocenters. The molecule has 0 aromatic carbocycles. The third kappa shape index (κ3) is 1.17. The smallest absolute Gasteiger partial charge is 0.342 e. The van der Waals surface area contributed by atoms with Crippen LogP contribution in [0.2, 0.25) is 0 Å². The molecule has 0 radical (unpaired) electrons. The highest BCUT2D eigenvalue weighted by molar-refractivity contribution is 6.10. The minimum Gasteiger partial charge on any atom is -0.393 e. The molecule has 1 spiro atoms. The minimum atomic E-state index is -1.14. The molecule has 2 aliphatic heterocycles. The molecule has 3 rings (SSSR count). The number of hydrogen-bond acceptors (Lipinski definition) is 6. The standard InChI is InChI=1S/C12H10O6/c1-5-8(13)18-11(16)12(5)3-2-6-7(4-12)10(15)17-9(6)14/h6-7H,1-4H2. The van der Waals surface area contributed by atoms with E-state index in [0.717, 1.165) is 0 Å². The lowest BCUT2D eigenvalue weighted by molar-refractivity contribution is -0.157. The molecule has 94 valence electrons. The predicted molar refractivity (Wildman–Crippen MR) is 54.6 cm³/mol. The Bertz CT molecular complexity index is 519. The van der Waals surface area contributed by atoms with E-state index in [1.54, 1.807) is 0 Å². The molecule has 18 heavy (non-hydrogen) atoms. The maximum absolute atomic E-state index is 11.8. The van der Waals surface area contributed by atoms with Crippen molar-refractivity contribution in [3.63, 3.8) is 0 Å². The van der Waals surface area contributed by atoms with Gasteiger partial charge in [-0.25, -0.2) is 4.79 Å². The molecule has 0 aromatic rings. The van der Waals surface area contributed by atoms with Crippen molar-refractivity contribution in [3.8, 4) is 0 Å². The van der Waals surface area contributed by atoms with Crippen molar-refractivity contribution < 1.29 is 28.7 Å². The molecule has 1 aliphatic carbocycles. The predicted octanol–water partition coefficient (Wildman–Crippen LogP) is 0.112. The van der Waals surface area contributed by atoms with Crippen LogP contribution < -0.4 is 0 Å². The van der Waals surface area contributed by atoms with Gasteiger partial charge in [0.2, 0.25) is 0 Å². The van der Waals surface area contributed by atoms with E-state index in [0.29, 0.717) is 12.8 Å². The van der Waals surface area contributed by atoms with Crippen LogP contribution in [0.15, 0.2) is 12.2 Å². The molecule has 6 heteroatoms. The lowest BCUT2D eigenvalue weighted by Gasteiger charge is -2.33. The van der Waals surface area contributed by atoms with Gasteiger partial charge >= 0.3 is 23.9 Å². The number of esters is 4. The van der Waals surface area contributed by atoms with E-state index in [-0.39, 0.29) is 12.0 Å². The van der Waals surface area contributed by atoms with Crippen molar-refractivity contribution in [1.82, 2.24) is 0 Å².